The Morgan fingerprint density at radius 3 is 2.24 bits per heavy atom. The molecule has 3 saturated carbocycles. The second-order valence-corrected chi connectivity index (χ2v) is 17.3. The molecule has 0 radical (unpaired) electrons. The molecule has 9 nitrogen and oxygen atoms in total. The van der Waals surface area contributed by atoms with Crippen LogP contribution >= 0.6 is 7.60 Å². The van der Waals surface area contributed by atoms with Gasteiger partial charge in [-0.2, -0.15) is 0 Å². The summed E-state index contributed by atoms with van der Waals surface area (Å²) in [5, 5.41) is 11.7. The summed E-state index contributed by atoms with van der Waals surface area (Å²) in [4.78, 5) is 25.8. The van der Waals surface area contributed by atoms with Crippen LogP contribution < -0.4 is 21.7 Å². The van der Waals surface area contributed by atoms with E-state index in [2.05, 4.69) is 33.9 Å². The van der Waals surface area contributed by atoms with Crippen LogP contribution in [0.4, 0.5) is 0 Å². The number of dihydropyridines is 1. The number of unbranched alkanes of at least 4 members (excludes halogenated alkanes) is 1. The van der Waals surface area contributed by atoms with E-state index in [1.54, 1.807) is 0 Å². The van der Waals surface area contributed by atoms with Gasteiger partial charge in [0.25, 0.3) is 0 Å². The van der Waals surface area contributed by atoms with Gasteiger partial charge < -0.3 is 31.1 Å². The minimum atomic E-state index is -3.87. The summed E-state index contributed by atoms with van der Waals surface area (Å²) in [5.74, 6) is 3.46. The summed E-state index contributed by atoms with van der Waals surface area (Å²) in [6.45, 7) is 8.80. The summed E-state index contributed by atoms with van der Waals surface area (Å²) < 4.78 is 11.1. The molecule has 7 N–H and O–H groups in total. The van der Waals surface area contributed by atoms with Gasteiger partial charge in [-0.05, 0) is 119 Å². The van der Waals surface area contributed by atoms with Gasteiger partial charge in [0, 0.05) is 50.0 Å². The molecule has 258 valence electrons. The molecule has 2 aliphatic heterocycles. The highest BCUT2D eigenvalue weighted by Gasteiger charge is 2.42. The van der Waals surface area contributed by atoms with Crippen molar-refractivity contribution >= 4 is 13.4 Å². The summed E-state index contributed by atoms with van der Waals surface area (Å²) in [5.41, 5.74) is 8.12. The smallest absolute Gasteiger partial charge is 0.325 e. The SMILES string of the molecule is CCC1C(N)=CC(N2CCC(CCCCP(=O)(O)O)CC2)=N[C@@H]1NCC1CCC(CNCC2(CNC3CCCCC3)CC2)CC1. The van der Waals surface area contributed by atoms with Crippen molar-refractivity contribution in [1.29, 1.82) is 0 Å². The normalized spacial score (nSPS) is 29.8. The Bertz CT molecular complexity index is 1010. The lowest BCUT2D eigenvalue weighted by atomic mass is 9.81. The third-order valence-corrected chi connectivity index (χ3v) is 12.8. The molecule has 0 aromatic heterocycles. The molecule has 0 aromatic carbocycles. The Labute approximate surface area is 273 Å². The average molecular weight is 649 g/mol. The topological polar surface area (TPSA) is 135 Å². The molecule has 3 aliphatic carbocycles. The number of rotatable bonds is 16. The molecule has 5 rings (SSSR count). The van der Waals surface area contributed by atoms with E-state index in [9.17, 15) is 4.57 Å². The van der Waals surface area contributed by atoms with Gasteiger partial charge in [0.15, 0.2) is 0 Å². The number of hydrogen-bond donors (Lipinski definition) is 6. The number of nitrogens with one attached hydrogen (secondary N) is 3. The van der Waals surface area contributed by atoms with E-state index in [-0.39, 0.29) is 18.2 Å². The van der Waals surface area contributed by atoms with Gasteiger partial charge in [0.1, 0.15) is 12.0 Å². The van der Waals surface area contributed by atoms with Crippen molar-refractivity contribution in [3.05, 3.63) is 11.8 Å². The number of hydrogen-bond acceptors (Lipinski definition) is 7. The van der Waals surface area contributed by atoms with Crippen LogP contribution in [0.15, 0.2) is 16.8 Å². The lowest BCUT2D eigenvalue weighted by Gasteiger charge is -2.38. The van der Waals surface area contributed by atoms with Crippen LogP contribution in [0.5, 0.6) is 0 Å². The fourth-order valence-corrected chi connectivity index (χ4v) is 9.09. The lowest BCUT2D eigenvalue weighted by Crippen LogP contribution is -2.46. The summed E-state index contributed by atoms with van der Waals surface area (Å²) in [6.07, 6.45) is 23.0. The van der Waals surface area contributed by atoms with Crippen LogP contribution in [0, 0.1) is 29.1 Å². The van der Waals surface area contributed by atoms with Crippen molar-refractivity contribution in [2.24, 2.45) is 39.8 Å². The van der Waals surface area contributed by atoms with E-state index in [1.807, 2.05) is 0 Å². The summed E-state index contributed by atoms with van der Waals surface area (Å²) in [7, 11) is -3.87. The molecule has 4 fully saturated rings. The Balaban J connectivity index is 0.985. The number of nitrogens with two attached hydrogens (primary N) is 1. The maximum Gasteiger partial charge on any atom is 0.325 e. The summed E-state index contributed by atoms with van der Waals surface area (Å²) in [6, 6.07) is 0.775. The van der Waals surface area contributed by atoms with E-state index >= 15 is 0 Å². The van der Waals surface area contributed by atoms with Gasteiger partial charge in [-0.25, -0.2) is 4.99 Å². The van der Waals surface area contributed by atoms with Gasteiger partial charge in [0.2, 0.25) is 0 Å². The lowest BCUT2D eigenvalue weighted by molar-refractivity contribution is 0.237. The number of piperidine rings is 1. The third-order valence-electron chi connectivity index (χ3n) is 11.9. The highest BCUT2D eigenvalue weighted by molar-refractivity contribution is 7.51. The van der Waals surface area contributed by atoms with Crippen molar-refractivity contribution < 1.29 is 14.4 Å². The van der Waals surface area contributed by atoms with Crippen LogP contribution in [0.3, 0.4) is 0 Å². The molecule has 10 heteroatoms. The molecule has 0 aromatic rings. The zero-order valence-corrected chi connectivity index (χ0v) is 29.1. The van der Waals surface area contributed by atoms with Gasteiger partial charge in [-0.1, -0.05) is 39.0 Å². The van der Waals surface area contributed by atoms with Crippen molar-refractivity contribution in [2.45, 2.75) is 128 Å². The predicted octanol–water partition coefficient (Wildman–Crippen LogP) is 5.34. The maximum absolute atomic E-state index is 11.1. The van der Waals surface area contributed by atoms with Gasteiger partial charge in [0.05, 0.1) is 0 Å². The van der Waals surface area contributed by atoms with E-state index in [0.29, 0.717) is 17.8 Å². The number of nitrogens with zero attached hydrogens (tertiary/aromatic N) is 2. The zero-order valence-electron chi connectivity index (χ0n) is 28.2. The number of amidine groups is 1. The molecule has 0 spiro atoms. The van der Waals surface area contributed by atoms with Crippen LogP contribution in [-0.2, 0) is 4.57 Å². The van der Waals surface area contributed by atoms with Crippen molar-refractivity contribution in [1.82, 2.24) is 20.9 Å². The van der Waals surface area contributed by atoms with Gasteiger partial charge in [-0.15, -0.1) is 0 Å². The zero-order chi connectivity index (χ0) is 31.7. The average Bonchev–Trinajstić information content (AvgIpc) is 3.81. The maximum atomic E-state index is 11.1. The third kappa shape index (κ3) is 11.3. The molecule has 5 aliphatic rings. The number of likely N-dealkylation sites (tertiary alicyclic amines) is 1. The molecular weight excluding hydrogens is 583 g/mol. The minimum Gasteiger partial charge on any atom is -0.402 e. The molecule has 1 unspecified atom stereocenters. The Morgan fingerprint density at radius 2 is 1.60 bits per heavy atom. The first-order chi connectivity index (χ1) is 21.7. The largest absolute Gasteiger partial charge is 0.402 e. The Hall–Kier alpha value is -0.960. The van der Waals surface area contributed by atoms with Crippen LogP contribution in [-0.4, -0.2) is 78.2 Å². The fraction of sp³-hybridized carbons (Fsp3) is 0.914. The monoisotopic (exact) mass is 648 g/mol. The quantitative estimate of drug-likeness (QED) is 0.0976. The molecule has 2 heterocycles. The van der Waals surface area contributed by atoms with E-state index in [1.165, 1.54) is 90.3 Å². The first-order valence-electron chi connectivity index (χ1n) is 18.7. The van der Waals surface area contributed by atoms with Gasteiger partial charge >= 0.3 is 7.60 Å². The first kappa shape index (κ1) is 35.3. The van der Waals surface area contributed by atoms with Gasteiger partial charge in [-0.3, -0.25) is 9.88 Å². The number of aliphatic imine (C=N–C) groups is 1. The second-order valence-electron chi connectivity index (χ2n) is 15.5. The fourth-order valence-electron chi connectivity index (χ4n) is 8.46. The first-order valence-corrected chi connectivity index (χ1v) is 20.5. The van der Waals surface area contributed by atoms with Crippen molar-refractivity contribution in [2.75, 3.05) is 45.4 Å². The molecule has 45 heavy (non-hydrogen) atoms. The Morgan fingerprint density at radius 1 is 0.911 bits per heavy atom. The molecular formula is C35H65N6O3P. The standard InChI is InChI=1S/C35H65N6O3P/c1-2-31-32(36)22-33(41-19-15-27(16-20-41)8-6-7-21-45(42,43)44)40-34(31)38-24-29-13-11-28(12-14-29)23-37-25-35(17-18-35)26-39-30-9-4-3-5-10-30/h22,27-31,34,37-39H,2-21,23-26,36H2,1H3,(H2,42,43,44)/t28?,29?,31?,34-/m0/s1. The van der Waals surface area contributed by atoms with E-state index < -0.39 is 7.60 Å². The predicted molar refractivity (Wildman–Crippen MR) is 185 cm³/mol. The molecule has 0 bridgehead atoms. The highest BCUT2D eigenvalue weighted by atomic mass is 31.2. The van der Waals surface area contributed by atoms with Crippen molar-refractivity contribution in [3.63, 3.8) is 0 Å². The van der Waals surface area contributed by atoms with E-state index in [0.717, 1.165) is 81.1 Å². The van der Waals surface area contributed by atoms with Crippen LogP contribution in [0.25, 0.3) is 0 Å². The minimum absolute atomic E-state index is 0.0112. The van der Waals surface area contributed by atoms with Crippen LogP contribution in [0.2, 0.25) is 0 Å². The van der Waals surface area contributed by atoms with E-state index in [4.69, 9.17) is 20.5 Å². The molecule has 1 saturated heterocycles. The molecule has 0 amide bonds. The molecule has 2 atom stereocenters. The second kappa shape index (κ2) is 16.9. The highest BCUT2D eigenvalue weighted by Crippen LogP contribution is 2.45. The van der Waals surface area contributed by atoms with Crippen LogP contribution in [0.1, 0.15) is 116 Å². The van der Waals surface area contributed by atoms with Crippen molar-refractivity contribution in [3.8, 4) is 0 Å². The Kier molecular flexibility index (Phi) is 13.3. The summed E-state index contributed by atoms with van der Waals surface area (Å²) >= 11 is 0.